The second kappa shape index (κ2) is 6.70. The number of anilines is 2. The first-order valence-corrected chi connectivity index (χ1v) is 7.63. The van der Waals surface area contributed by atoms with Gasteiger partial charge in [-0.1, -0.05) is 12.1 Å². The standard InChI is InChI=1S/C18H17FN2O3/c1-12(22)21-9-8-13-10-14(6-7-16(13)21)20-18(23)11-24-17-5-3-2-4-15(17)19/h2-7,10H,8-9,11H2,1H3,(H,20,23). The van der Waals surface area contributed by atoms with E-state index in [0.717, 1.165) is 17.7 Å². The highest BCUT2D eigenvalue weighted by atomic mass is 19.1. The minimum absolute atomic E-state index is 0.00354. The smallest absolute Gasteiger partial charge is 0.262 e. The van der Waals surface area contributed by atoms with Crippen molar-refractivity contribution in [2.75, 3.05) is 23.4 Å². The van der Waals surface area contributed by atoms with Crippen LogP contribution in [0.4, 0.5) is 15.8 Å². The summed E-state index contributed by atoms with van der Waals surface area (Å²) < 4.78 is 18.6. The summed E-state index contributed by atoms with van der Waals surface area (Å²) >= 11 is 0. The third-order valence-corrected chi connectivity index (χ3v) is 3.83. The Bertz CT molecular complexity index is 792. The molecular formula is C18H17FN2O3. The van der Waals surface area contributed by atoms with Gasteiger partial charge in [0.05, 0.1) is 0 Å². The molecule has 1 aliphatic rings. The Morgan fingerprint density at radius 2 is 2.04 bits per heavy atom. The predicted molar refractivity (Wildman–Crippen MR) is 88.7 cm³/mol. The van der Waals surface area contributed by atoms with Crippen molar-refractivity contribution in [1.82, 2.24) is 0 Å². The number of carbonyl (C=O) groups excluding carboxylic acids is 2. The summed E-state index contributed by atoms with van der Waals surface area (Å²) in [7, 11) is 0. The molecule has 1 N–H and O–H groups in total. The quantitative estimate of drug-likeness (QED) is 0.939. The Morgan fingerprint density at radius 3 is 2.79 bits per heavy atom. The van der Waals surface area contributed by atoms with Crippen LogP contribution in [-0.2, 0) is 16.0 Å². The number of halogens is 1. The van der Waals surface area contributed by atoms with Gasteiger partial charge in [0.15, 0.2) is 18.2 Å². The minimum Gasteiger partial charge on any atom is -0.481 e. The minimum atomic E-state index is -0.507. The molecule has 5 nitrogen and oxygen atoms in total. The fourth-order valence-corrected chi connectivity index (χ4v) is 2.71. The summed E-state index contributed by atoms with van der Waals surface area (Å²) in [6, 6.07) is 11.3. The van der Waals surface area contributed by atoms with E-state index in [2.05, 4.69) is 5.32 Å². The molecule has 1 heterocycles. The number of nitrogens with one attached hydrogen (secondary N) is 1. The van der Waals surface area contributed by atoms with Gasteiger partial charge in [0.1, 0.15) is 0 Å². The van der Waals surface area contributed by atoms with Crippen LogP contribution in [-0.4, -0.2) is 25.0 Å². The number of nitrogens with zero attached hydrogens (tertiary/aromatic N) is 1. The summed E-state index contributed by atoms with van der Waals surface area (Å²) in [4.78, 5) is 25.2. The first-order valence-electron chi connectivity index (χ1n) is 7.63. The summed E-state index contributed by atoms with van der Waals surface area (Å²) in [6.45, 7) is 1.90. The van der Waals surface area contributed by atoms with Gasteiger partial charge in [0.2, 0.25) is 5.91 Å². The van der Waals surface area contributed by atoms with E-state index in [1.54, 1.807) is 23.1 Å². The molecule has 2 amide bonds. The molecule has 24 heavy (non-hydrogen) atoms. The number of carbonyl (C=O) groups is 2. The van der Waals surface area contributed by atoms with Crippen LogP contribution in [0, 0.1) is 5.82 Å². The Kier molecular flexibility index (Phi) is 4.46. The summed E-state index contributed by atoms with van der Waals surface area (Å²) in [5, 5.41) is 2.72. The number of fused-ring (bicyclic) bond motifs is 1. The molecule has 0 atom stereocenters. The highest BCUT2D eigenvalue weighted by Crippen LogP contribution is 2.30. The molecule has 6 heteroatoms. The Hall–Kier alpha value is -2.89. The van der Waals surface area contributed by atoms with Crippen LogP contribution < -0.4 is 15.0 Å². The van der Waals surface area contributed by atoms with Crippen LogP contribution in [0.25, 0.3) is 0 Å². The van der Waals surface area contributed by atoms with Crippen molar-refractivity contribution >= 4 is 23.2 Å². The van der Waals surface area contributed by atoms with Crippen molar-refractivity contribution in [3.8, 4) is 5.75 Å². The molecule has 0 radical (unpaired) electrons. The normalized spacial score (nSPS) is 12.7. The lowest BCUT2D eigenvalue weighted by molar-refractivity contribution is -0.118. The van der Waals surface area contributed by atoms with Gasteiger partial charge in [0, 0.05) is 24.8 Å². The number of amides is 2. The van der Waals surface area contributed by atoms with Gasteiger partial charge < -0.3 is 15.0 Å². The number of benzene rings is 2. The average Bonchev–Trinajstić information content (AvgIpc) is 2.97. The molecule has 3 rings (SSSR count). The van der Waals surface area contributed by atoms with Gasteiger partial charge in [-0.15, -0.1) is 0 Å². The number of para-hydroxylation sites is 1. The lowest BCUT2D eigenvalue weighted by Gasteiger charge is -2.15. The summed E-state index contributed by atoms with van der Waals surface area (Å²) in [5.41, 5.74) is 2.52. The van der Waals surface area contributed by atoms with Crippen molar-refractivity contribution in [1.29, 1.82) is 0 Å². The lowest BCUT2D eigenvalue weighted by atomic mass is 10.1. The summed E-state index contributed by atoms with van der Waals surface area (Å²) in [6.07, 6.45) is 0.754. The van der Waals surface area contributed by atoms with Gasteiger partial charge in [-0.05, 0) is 42.3 Å². The van der Waals surface area contributed by atoms with E-state index in [1.807, 2.05) is 12.1 Å². The van der Waals surface area contributed by atoms with Crippen LogP contribution in [0.5, 0.6) is 5.75 Å². The SMILES string of the molecule is CC(=O)N1CCc2cc(NC(=O)COc3ccccc3F)ccc21. The molecule has 2 aromatic rings. The van der Waals surface area contributed by atoms with Gasteiger partial charge >= 0.3 is 0 Å². The van der Waals surface area contributed by atoms with E-state index in [9.17, 15) is 14.0 Å². The van der Waals surface area contributed by atoms with Gasteiger partial charge in [0.25, 0.3) is 5.91 Å². The molecule has 0 aliphatic carbocycles. The number of hydrogen-bond donors (Lipinski definition) is 1. The molecule has 124 valence electrons. The van der Waals surface area contributed by atoms with E-state index in [0.29, 0.717) is 12.2 Å². The van der Waals surface area contributed by atoms with Crippen LogP contribution in [0.15, 0.2) is 42.5 Å². The summed E-state index contributed by atoms with van der Waals surface area (Å²) in [5.74, 6) is -0.839. The average molecular weight is 328 g/mol. The van der Waals surface area contributed by atoms with Crippen LogP contribution in [0.1, 0.15) is 12.5 Å². The number of ether oxygens (including phenoxy) is 1. The Balaban J connectivity index is 1.61. The molecule has 1 aliphatic heterocycles. The van der Waals surface area contributed by atoms with Crippen LogP contribution >= 0.6 is 0 Å². The molecule has 2 aromatic carbocycles. The van der Waals surface area contributed by atoms with E-state index in [1.165, 1.54) is 19.1 Å². The van der Waals surface area contributed by atoms with Crippen LogP contribution in [0.2, 0.25) is 0 Å². The van der Waals surface area contributed by atoms with Gasteiger partial charge in [-0.2, -0.15) is 0 Å². The van der Waals surface area contributed by atoms with Crippen LogP contribution in [0.3, 0.4) is 0 Å². The zero-order chi connectivity index (χ0) is 17.1. The number of hydrogen-bond acceptors (Lipinski definition) is 3. The van der Waals surface area contributed by atoms with E-state index >= 15 is 0 Å². The third-order valence-electron chi connectivity index (χ3n) is 3.83. The van der Waals surface area contributed by atoms with Crippen molar-refractivity contribution in [3.05, 3.63) is 53.8 Å². The highest BCUT2D eigenvalue weighted by Gasteiger charge is 2.22. The molecule has 0 bridgehead atoms. The maximum Gasteiger partial charge on any atom is 0.262 e. The Morgan fingerprint density at radius 1 is 1.25 bits per heavy atom. The van der Waals surface area contributed by atoms with Crippen molar-refractivity contribution in [2.24, 2.45) is 0 Å². The lowest BCUT2D eigenvalue weighted by Crippen LogP contribution is -2.25. The zero-order valence-corrected chi connectivity index (χ0v) is 13.2. The highest BCUT2D eigenvalue weighted by molar-refractivity contribution is 5.95. The van der Waals surface area contributed by atoms with Gasteiger partial charge in [-0.3, -0.25) is 9.59 Å². The molecular weight excluding hydrogens is 311 g/mol. The zero-order valence-electron chi connectivity index (χ0n) is 13.2. The Labute approximate surface area is 139 Å². The first-order chi connectivity index (χ1) is 11.5. The van der Waals surface area contributed by atoms with Crippen molar-refractivity contribution < 1.29 is 18.7 Å². The molecule has 0 saturated heterocycles. The topological polar surface area (TPSA) is 58.6 Å². The predicted octanol–water partition coefficient (Wildman–Crippen LogP) is 2.75. The molecule has 0 saturated carbocycles. The van der Waals surface area contributed by atoms with E-state index in [4.69, 9.17) is 4.74 Å². The second-order valence-electron chi connectivity index (χ2n) is 5.53. The van der Waals surface area contributed by atoms with Crippen molar-refractivity contribution in [3.63, 3.8) is 0 Å². The fraction of sp³-hybridized carbons (Fsp3) is 0.222. The molecule has 0 aromatic heterocycles. The maximum atomic E-state index is 13.4. The maximum absolute atomic E-state index is 13.4. The third kappa shape index (κ3) is 3.37. The number of rotatable bonds is 4. The van der Waals surface area contributed by atoms with E-state index < -0.39 is 5.82 Å². The molecule has 0 fully saturated rings. The largest absolute Gasteiger partial charge is 0.481 e. The van der Waals surface area contributed by atoms with Crippen molar-refractivity contribution in [2.45, 2.75) is 13.3 Å². The van der Waals surface area contributed by atoms with Gasteiger partial charge in [-0.25, -0.2) is 4.39 Å². The second-order valence-corrected chi connectivity index (χ2v) is 5.53. The van der Waals surface area contributed by atoms with E-state index in [-0.39, 0.29) is 24.2 Å². The monoisotopic (exact) mass is 328 g/mol. The fourth-order valence-electron chi connectivity index (χ4n) is 2.71. The molecule has 0 unspecified atom stereocenters. The first kappa shape index (κ1) is 16.0. The molecule has 0 spiro atoms.